The van der Waals surface area contributed by atoms with Crippen molar-refractivity contribution < 1.29 is 9.59 Å². The van der Waals surface area contributed by atoms with E-state index in [0.29, 0.717) is 11.8 Å². The molecular weight excluding hydrogens is 290 g/mol. The maximum absolute atomic E-state index is 10.4. The second kappa shape index (κ2) is 9.77. The summed E-state index contributed by atoms with van der Waals surface area (Å²) in [7, 11) is 0. The molecule has 0 aromatic heterocycles. The van der Waals surface area contributed by atoms with Crippen molar-refractivity contribution in [3.63, 3.8) is 0 Å². The molecule has 2 saturated carbocycles. The van der Waals surface area contributed by atoms with Gasteiger partial charge >= 0.3 is 0 Å². The van der Waals surface area contributed by atoms with Crippen molar-refractivity contribution in [3.05, 3.63) is 5.92 Å². The average molecular weight is 318 g/mol. The van der Waals surface area contributed by atoms with Crippen molar-refractivity contribution in [1.82, 2.24) is 0 Å². The standard InChI is InChI=1S/C18H28N3O2/c19-11-1-2-18(14-3-7-16(8-4-14)20-12-22)15-5-9-17(10-6-15)21-13-23/h14-17H,1-11,19H2. The Kier molecular flexibility index (Phi) is 7.67. The summed E-state index contributed by atoms with van der Waals surface area (Å²) in [4.78, 5) is 28.6. The number of nitrogens with two attached hydrogens (primary N) is 1. The van der Waals surface area contributed by atoms with E-state index < -0.39 is 0 Å². The van der Waals surface area contributed by atoms with Crippen molar-refractivity contribution in [2.75, 3.05) is 6.54 Å². The third-order valence-corrected chi connectivity index (χ3v) is 5.58. The van der Waals surface area contributed by atoms with Gasteiger partial charge in [-0.3, -0.25) is 0 Å². The Bertz CT molecular complexity index is 401. The Hall–Kier alpha value is -1.28. The summed E-state index contributed by atoms with van der Waals surface area (Å²) >= 11 is 0. The molecule has 0 saturated heterocycles. The fraction of sp³-hybridized carbons (Fsp3) is 0.833. The van der Waals surface area contributed by atoms with Gasteiger partial charge in [0.05, 0.1) is 12.1 Å². The quantitative estimate of drug-likeness (QED) is 0.578. The first-order valence-corrected chi connectivity index (χ1v) is 8.98. The monoisotopic (exact) mass is 318 g/mol. The van der Waals surface area contributed by atoms with Gasteiger partial charge in [0.1, 0.15) is 0 Å². The molecule has 0 spiro atoms. The summed E-state index contributed by atoms with van der Waals surface area (Å²) in [6.45, 7) is 0.735. The number of hydrogen-bond acceptors (Lipinski definition) is 5. The highest BCUT2D eigenvalue weighted by molar-refractivity contribution is 5.34. The van der Waals surface area contributed by atoms with Gasteiger partial charge in [0.25, 0.3) is 0 Å². The van der Waals surface area contributed by atoms with E-state index in [1.165, 1.54) is 0 Å². The molecule has 0 aliphatic heterocycles. The van der Waals surface area contributed by atoms with E-state index >= 15 is 0 Å². The van der Waals surface area contributed by atoms with Crippen LogP contribution in [-0.2, 0) is 9.59 Å². The summed E-state index contributed by atoms with van der Waals surface area (Å²) in [5.41, 5.74) is 5.73. The highest BCUT2D eigenvalue weighted by Gasteiger charge is 2.34. The predicted octanol–water partition coefficient (Wildman–Crippen LogP) is 3.09. The van der Waals surface area contributed by atoms with Gasteiger partial charge in [0, 0.05) is 0 Å². The molecule has 1 radical (unpaired) electrons. The molecule has 0 bridgehead atoms. The van der Waals surface area contributed by atoms with Gasteiger partial charge in [0.2, 0.25) is 12.2 Å². The first-order chi connectivity index (χ1) is 11.3. The predicted molar refractivity (Wildman–Crippen MR) is 89.3 cm³/mol. The van der Waals surface area contributed by atoms with Crippen molar-refractivity contribution in [3.8, 4) is 0 Å². The second-order valence-corrected chi connectivity index (χ2v) is 6.92. The van der Waals surface area contributed by atoms with Crippen molar-refractivity contribution in [2.45, 2.75) is 76.3 Å². The summed E-state index contributed by atoms with van der Waals surface area (Å²) in [6.07, 6.45) is 14.1. The zero-order valence-electron chi connectivity index (χ0n) is 13.9. The van der Waals surface area contributed by atoms with Crippen LogP contribution in [0.1, 0.15) is 64.2 Å². The molecular formula is C18H28N3O2. The van der Waals surface area contributed by atoms with Gasteiger partial charge in [-0.15, -0.1) is 0 Å². The minimum atomic E-state index is 0.178. The lowest BCUT2D eigenvalue weighted by Crippen LogP contribution is -2.30. The van der Waals surface area contributed by atoms with Crippen LogP contribution >= 0.6 is 0 Å². The molecule has 2 aliphatic rings. The molecule has 0 aromatic carbocycles. The van der Waals surface area contributed by atoms with Crippen LogP contribution in [0, 0.1) is 17.8 Å². The van der Waals surface area contributed by atoms with Gasteiger partial charge in [0.15, 0.2) is 0 Å². The molecule has 127 valence electrons. The molecule has 2 aliphatic carbocycles. The van der Waals surface area contributed by atoms with Gasteiger partial charge in [-0.25, -0.2) is 19.6 Å². The van der Waals surface area contributed by atoms with E-state index in [1.54, 1.807) is 18.1 Å². The first kappa shape index (κ1) is 18.1. The van der Waals surface area contributed by atoms with E-state index in [0.717, 1.165) is 70.8 Å². The fourth-order valence-corrected chi connectivity index (χ4v) is 4.35. The van der Waals surface area contributed by atoms with E-state index in [1.807, 2.05) is 0 Å². The van der Waals surface area contributed by atoms with Gasteiger partial charge in [-0.1, -0.05) is 0 Å². The van der Waals surface area contributed by atoms with Crippen LogP contribution < -0.4 is 5.73 Å². The van der Waals surface area contributed by atoms with Gasteiger partial charge in [-0.2, -0.15) is 0 Å². The number of aliphatic imine (C=N–C) groups is 2. The van der Waals surface area contributed by atoms with Crippen LogP contribution in [0.5, 0.6) is 0 Å². The van der Waals surface area contributed by atoms with E-state index in [-0.39, 0.29) is 12.1 Å². The van der Waals surface area contributed by atoms with Crippen LogP contribution in [0.4, 0.5) is 0 Å². The van der Waals surface area contributed by atoms with E-state index in [4.69, 9.17) is 5.73 Å². The summed E-state index contributed by atoms with van der Waals surface area (Å²) in [6, 6.07) is 0.356. The molecule has 0 unspecified atom stereocenters. The Morgan fingerprint density at radius 3 is 1.61 bits per heavy atom. The third kappa shape index (κ3) is 5.39. The Morgan fingerprint density at radius 2 is 1.26 bits per heavy atom. The molecule has 0 heterocycles. The molecule has 5 heteroatoms. The van der Waals surface area contributed by atoms with Crippen molar-refractivity contribution >= 4 is 12.2 Å². The number of rotatable bonds is 7. The van der Waals surface area contributed by atoms with Gasteiger partial charge in [-0.05, 0) is 88.5 Å². The number of hydrogen-bond donors (Lipinski definition) is 1. The minimum absolute atomic E-state index is 0.178. The van der Waals surface area contributed by atoms with Crippen LogP contribution in [0.25, 0.3) is 0 Å². The topological polar surface area (TPSA) is 84.9 Å². The second-order valence-electron chi connectivity index (χ2n) is 6.92. The first-order valence-electron chi connectivity index (χ1n) is 8.98. The van der Waals surface area contributed by atoms with Crippen LogP contribution in [0.15, 0.2) is 9.98 Å². The number of carbonyl (C=O) groups excluding carboxylic acids is 2. The SMILES string of the molecule is NCCC[C](C1CCC(N=C=O)CC1)C1CCC(N=C=O)CC1. The fourth-order valence-electron chi connectivity index (χ4n) is 4.35. The lowest BCUT2D eigenvalue weighted by molar-refractivity contribution is 0.243. The maximum atomic E-state index is 10.4. The molecule has 5 nitrogen and oxygen atoms in total. The summed E-state index contributed by atoms with van der Waals surface area (Å²) < 4.78 is 0. The molecule has 2 rings (SSSR count). The molecule has 2 fully saturated rings. The van der Waals surface area contributed by atoms with Crippen molar-refractivity contribution in [2.24, 2.45) is 27.6 Å². The number of nitrogens with zero attached hydrogens (tertiary/aromatic N) is 2. The lowest BCUT2D eigenvalue weighted by atomic mass is 9.67. The minimum Gasteiger partial charge on any atom is -0.330 e. The van der Waals surface area contributed by atoms with Crippen LogP contribution in [-0.4, -0.2) is 30.8 Å². The molecule has 0 aromatic rings. The normalized spacial score (nSPS) is 31.2. The Morgan fingerprint density at radius 1 is 0.826 bits per heavy atom. The molecule has 0 atom stereocenters. The zero-order valence-corrected chi connectivity index (χ0v) is 13.9. The molecule has 23 heavy (non-hydrogen) atoms. The number of isocyanates is 2. The third-order valence-electron chi connectivity index (χ3n) is 5.58. The lowest BCUT2D eigenvalue weighted by Gasteiger charge is -2.39. The maximum Gasteiger partial charge on any atom is 0.235 e. The highest BCUT2D eigenvalue weighted by atomic mass is 16.1. The Labute approximate surface area is 138 Å². The molecule has 0 amide bonds. The van der Waals surface area contributed by atoms with E-state index in [2.05, 4.69) is 9.98 Å². The van der Waals surface area contributed by atoms with Crippen molar-refractivity contribution in [1.29, 1.82) is 0 Å². The van der Waals surface area contributed by atoms with E-state index in [9.17, 15) is 9.59 Å². The zero-order chi connectivity index (χ0) is 16.5. The highest BCUT2D eigenvalue weighted by Crippen LogP contribution is 2.44. The summed E-state index contributed by atoms with van der Waals surface area (Å²) in [5.74, 6) is 2.98. The summed E-state index contributed by atoms with van der Waals surface area (Å²) in [5, 5.41) is 0. The average Bonchev–Trinajstić information content (AvgIpc) is 2.58. The Balaban J connectivity index is 1.92. The molecule has 2 N–H and O–H groups in total. The smallest absolute Gasteiger partial charge is 0.235 e. The van der Waals surface area contributed by atoms with Crippen LogP contribution in [0.2, 0.25) is 0 Å². The largest absolute Gasteiger partial charge is 0.330 e. The van der Waals surface area contributed by atoms with Gasteiger partial charge < -0.3 is 5.73 Å². The van der Waals surface area contributed by atoms with Crippen LogP contribution in [0.3, 0.4) is 0 Å².